The predicted molar refractivity (Wildman–Crippen MR) is 74.7 cm³/mol. The highest BCUT2D eigenvalue weighted by molar-refractivity contribution is 6.15. The molecule has 5 nitrogen and oxygen atoms in total. The van der Waals surface area contributed by atoms with Crippen LogP contribution in [0, 0.1) is 5.82 Å². The van der Waals surface area contributed by atoms with Crippen LogP contribution in [0.3, 0.4) is 0 Å². The molecule has 6 heteroatoms. The number of anilines is 2. The fourth-order valence-corrected chi connectivity index (χ4v) is 2.34. The van der Waals surface area contributed by atoms with E-state index in [4.69, 9.17) is 0 Å². The zero-order valence-corrected chi connectivity index (χ0v) is 10.8. The first-order valence-electron chi connectivity index (χ1n) is 6.26. The molecule has 1 heterocycles. The van der Waals surface area contributed by atoms with E-state index in [1.807, 2.05) is 0 Å². The maximum atomic E-state index is 13.9. The molecular formula is C15H11FN2O3. The molecule has 2 aromatic rings. The van der Waals surface area contributed by atoms with Gasteiger partial charge in [0.2, 0.25) is 6.17 Å². The molecule has 2 aromatic carbocycles. The molecule has 3 rings (SSSR count). The third-order valence-corrected chi connectivity index (χ3v) is 3.26. The lowest BCUT2D eigenvalue weighted by Crippen LogP contribution is -2.53. The summed E-state index contributed by atoms with van der Waals surface area (Å²) in [6, 6.07) is 12.4. The quantitative estimate of drug-likeness (QED) is 0.888. The van der Waals surface area contributed by atoms with Crippen LogP contribution in [0.25, 0.3) is 0 Å². The highest BCUT2D eigenvalue weighted by Crippen LogP contribution is 2.31. The van der Waals surface area contributed by atoms with Crippen molar-refractivity contribution < 1.29 is 19.1 Å². The van der Waals surface area contributed by atoms with E-state index in [2.05, 4.69) is 5.32 Å². The number of amides is 1. The minimum atomic E-state index is -1.28. The number of carboxylic acids is 1. The molecule has 106 valence electrons. The summed E-state index contributed by atoms with van der Waals surface area (Å²) in [6.07, 6.45) is -1.28. The molecule has 0 bridgehead atoms. The van der Waals surface area contributed by atoms with Crippen molar-refractivity contribution in [3.05, 3.63) is 59.9 Å². The second-order valence-electron chi connectivity index (χ2n) is 4.56. The monoisotopic (exact) mass is 286 g/mol. The summed E-state index contributed by atoms with van der Waals surface area (Å²) in [5.74, 6) is -2.59. The molecule has 1 amide bonds. The largest absolute Gasteiger partial charge is 0.478 e. The Morgan fingerprint density at radius 1 is 1.14 bits per heavy atom. The van der Waals surface area contributed by atoms with Crippen LogP contribution in [0.2, 0.25) is 0 Å². The van der Waals surface area contributed by atoms with Crippen molar-refractivity contribution in [3.8, 4) is 0 Å². The molecule has 1 atom stereocenters. The van der Waals surface area contributed by atoms with Gasteiger partial charge < -0.3 is 10.4 Å². The van der Waals surface area contributed by atoms with Crippen LogP contribution in [-0.2, 0) is 4.79 Å². The maximum absolute atomic E-state index is 13.9. The number of rotatable bonds is 2. The van der Waals surface area contributed by atoms with E-state index < -0.39 is 23.9 Å². The van der Waals surface area contributed by atoms with Crippen LogP contribution in [0.15, 0.2) is 48.5 Å². The third kappa shape index (κ3) is 2.10. The summed E-state index contributed by atoms with van der Waals surface area (Å²) in [5.41, 5.74) is 0.412. The first-order valence-corrected chi connectivity index (χ1v) is 6.26. The molecule has 1 aliphatic heterocycles. The van der Waals surface area contributed by atoms with E-state index in [0.717, 1.165) is 4.90 Å². The van der Waals surface area contributed by atoms with Crippen LogP contribution < -0.4 is 10.2 Å². The highest BCUT2D eigenvalue weighted by Gasteiger charge is 2.38. The minimum absolute atomic E-state index is 0.154. The summed E-state index contributed by atoms with van der Waals surface area (Å²) < 4.78 is 13.9. The summed E-state index contributed by atoms with van der Waals surface area (Å²) >= 11 is 0. The van der Waals surface area contributed by atoms with Gasteiger partial charge in [0.1, 0.15) is 5.82 Å². The first kappa shape index (κ1) is 13.1. The Morgan fingerprint density at radius 3 is 2.52 bits per heavy atom. The number of nitrogens with zero attached hydrogens (tertiary/aromatic N) is 1. The number of benzene rings is 2. The molecule has 0 saturated heterocycles. The van der Waals surface area contributed by atoms with Crippen LogP contribution in [0.1, 0.15) is 10.4 Å². The highest BCUT2D eigenvalue weighted by atomic mass is 19.1. The van der Waals surface area contributed by atoms with E-state index in [0.29, 0.717) is 5.69 Å². The van der Waals surface area contributed by atoms with Gasteiger partial charge in [-0.05, 0) is 24.3 Å². The van der Waals surface area contributed by atoms with Crippen molar-refractivity contribution in [2.45, 2.75) is 6.17 Å². The summed E-state index contributed by atoms with van der Waals surface area (Å²) in [4.78, 5) is 25.0. The van der Waals surface area contributed by atoms with Crippen molar-refractivity contribution in [3.63, 3.8) is 0 Å². The number of carbonyl (C=O) groups excluding carboxylic acids is 1. The second kappa shape index (κ2) is 4.90. The number of hydrogen-bond acceptors (Lipinski definition) is 3. The van der Waals surface area contributed by atoms with E-state index >= 15 is 0 Å². The van der Waals surface area contributed by atoms with Crippen LogP contribution >= 0.6 is 0 Å². The normalized spacial score (nSPS) is 17.1. The predicted octanol–water partition coefficient (Wildman–Crippen LogP) is 2.31. The van der Waals surface area contributed by atoms with Crippen LogP contribution in [0.4, 0.5) is 15.8 Å². The summed E-state index contributed by atoms with van der Waals surface area (Å²) in [5, 5.41) is 12.0. The number of nitrogens with one attached hydrogen (secondary N) is 1. The standard InChI is InChI=1S/C15H11FN2O3/c16-10-7-4-8-11-12(10)14(19)18(13(17-11)15(20)21)9-5-2-1-3-6-9/h1-8,13,17H,(H,20,21). The number of fused-ring (bicyclic) bond motifs is 1. The maximum Gasteiger partial charge on any atom is 0.347 e. The van der Waals surface area contributed by atoms with Crippen molar-refractivity contribution >= 4 is 23.3 Å². The Bertz CT molecular complexity index is 718. The zero-order valence-electron chi connectivity index (χ0n) is 10.8. The number of para-hydroxylation sites is 1. The smallest absolute Gasteiger partial charge is 0.347 e. The topological polar surface area (TPSA) is 69.6 Å². The van der Waals surface area contributed by atoms with Crippen molar-refractivity contribution in [1.82, 2.24) is 0 Å². The van der Waals surface area contributed by atoms with Gasteiger partial charge in [-0.3, -0.25) is 9.69 Å². The van der Waals surface area contributed by atoms with E-state index in [9.17, 15) is 19.1 Å². The molecule has 0 spiro atoms. The molecule has 0 fully saturated rings. The molecule has 0 saturated carbocycles. The number of carbonyl (C=O) groups is 2. The van der Waals surface area contributed by atoms with Gasteiger partial charge in [-0.2, -0.15) is 0 Å². The van der Waals surface area contributed by atoms with E-state index in [-0.39, 0.29) is 11.3 Å². The number of aliphatic carboxylic acids is 1. The average Bonchev–Trinajstić information content (AvgIpc) is 2.47. The molecule has 1 unspecified atom stereocenters. The fourth-order valence-electron chi connectivity index (χ4n) is 2.34. The van der Waals surface area contributed by atoms with Crippen LogP contribution in [0.5, 0.6) is 0 Å². The van der Waals surface area contributed by atoms with Gasteiger partial charge in [-0.25, -0.2) is 9.18 Å². The Kier molecular flexibility index (Phi) is 3.06. The van der Waals surface area contributed by atoms with Gasteiger partial charge in [-0.15, -0.1) is 0 Å². The molecule has 21 heavy (non-hydrogen) atoms. The van der Waals surface area contributed by atoms with Crippen molar-refractivity contribution in [2.75, 3.05) is 10.2 Å². The minimum Gasteiger partial charge on any atom is -0.478 e. The lowest BCUT2D eigenvalue weighted by atomic mass is 10.1. The Morgan fingerprint density at radius 2 is 1.86 bits per heavy atom. The Hall–Kier alpha value is -2.89. The molecule has 0 aromatic heterocycles. The molecular weight excluding hydrogens is 275 g/mol. The van der Waals surface area contributed by atoms with E-state index in [1.165, 1.54) is 18.2 Å². The average molecular weight is 286 g/mol. The van der Waals surface area contributed by atoms with Gasteiger partial charge >= 0.3 is 5.97 Å². The Balaban J connectivity index is 2.16. The third-order valence-electron chi connectivity index (χ3n) is 3.26. The Labute approximate surface area is 119 Å². The molecule has 2 N–H and O–H groups in total. The van der Waals surface area contributed by atoms with E-state index in [1.54, 1.807) is 30.3 Å². The van der Waals surface area contributed by atoms with Crippen LogP contribution in [-0.4, -0.2) is 23.1 Å². The van der Waals surface area contributed by atoms with Gasteiger partial charge in [0, 0.05) is 5.69 Å². The fraction of sp³-hybridized carbons (Fsp3) is 0.0667. The van der Waals surface area contributed by atoms with Gasteiger partial charge in [-0.1, -0.05) is 24.3 Å². The van der Waals surface area contributed by atoms with Crippen molar-refractivity contribution in [1.29, 1.82) is 0 Å². The lowest BCUT2D eigenvalue weighted by Gasteiger charge is -2.35. The molecule has 0 aliphatic carbocycles. The zero-order chi connectivity index (χ0) is 15.0. The molecule has 1 aliphatic rings. The second-order valence-corrected chi connectivity index (χ2v) is 4.56. The van der Waals surface area contributed by atoms with Crippen molar-refractivity contribution in [2.24, 2.45) is 0 Å². The number of halogens is 1. The first-order chi connectivity index (χ1) is 10.1. The van der Waals surface area contributed by atoms with Gasteiger partial charge in [0.05, 0.1) is 11.3 Å². The SMILES string of the molecule is O=C(O)C1Nc2cccc(F)c2C(=O)N1c1ccccc1. The van der Waals surface area contributed by atoms with Gasteiger partial charge in [0.15, 0.2) is 0 Å². The summed E-state index contributed by atoms with van der Waals surface area (Å²) in [6.45, 7) is 0. The number of hydrogen-bond donors (Lipinski definition) is 2. The summed E-state index contributed by atoms with van der Waals surface area (Å²) in [7, 11) is 0. The lowest BCUT2D eigenvalue weighted by molar-refractivity contribution is -0.137. The molecule has 0 radical (unpaired) electrons. The number of carboxylic acid groups (broad SMARTS) is 1. The van der Waals surface area contributed by atoms with Gasteiger partial charge in [0.25, 0.3) is 5.91 Å².